The van der Waals surface area contributed by atoms with Crippen LogP contribution >= 0.6 is 0 Å². The van der Waals surface area contributed by atoms with Crippen molar-refractivity contribution >= 4 is 26.8 Å². The van der Waals surface area contributed by atoms with Crippen molar-refractivity contribution in [3.05, 3.63) is 54.1 Å². The summed E-state index contributed by atoms with van der Waals surface area (Å²) in [6.07, 6.45) is -3.39. The number of halogens is 3. The molecule has 9 heteroatoms. The number of aromatic amines is 1. The van der Waals surface area contributed by atoms with Crippen molar-refractivity contribution < 1.29 is 21.6 Å². The fraction of sp³-hybridized carbons (Fsp3) is 0.409. The molecule has 2 aromatic carbocycles. The van der Waals surface area contributed by atoms with E-state index in [-0.39, 0.29) is 10.8 Å². The van der Waals surface area contributed by atoms with Crippen LogP contribution in [0.3, 0.4) is 0 Å². The van der Waals surface area contributed by atoms with Crippen molar-refractivity contribution in [3.8, 4) is 0 Å². The Morgan fingerprint density at radius 3 is 2.35 bits per heavy atom. The van der Waals surface area contributed by atoms with Gasteiger partial charge in [-0.2, -0.15) is 13.2 Å². The van der Waals surface area contributed by atoms with Gasteiger partial charge in [-0.05, 0) is 62.9 Å². The molecule has 31 heavy (non-hydrogen) atoms. The number of para-hydroxylation sites is 2. The van der Waals surface area contributed by atoms with Crippen LogP contribution in [0.5, 0.6) is 0 Å². The van der Waals surface area contributed by atoms with E-state index in [1.54, 1.807) is 13.8 Å². The van der Waals surface area contributed by atoms with Crippen LogP contribution in [0, 0.1) is 5.92 Å². The highest BCUT2D eigenvalue weighted by Gasteiger charge is 2.44. The van der Waals surface area contributed by atoms with Crippen molar-refractivity contribution in [1.82, 2.24) is 9.97 Å². The lowest BCUT2D eigenvalue weighted by Crippen LogP contribution is -2.46. The zero-order valence-corrected chi connectivity index (χ0v) is 18.1. The van der Waals surface area contributed by atoms with Gasteiger partial charge in [0.15, 0.2) is 9.84 Å². The lowest BCUT2D eigenvalue weighted by Gasteiger charge is -2.40. The third kappa shape index (κ3) is 3.91. The number of aromatic nitrogens is 2. The molecule has 5 nitrogen and oxygen atoms in total. The van der Waals surface area contributed by atoms with E-state index in [0.717, 1.165) is 35.2 Å². The molecule has 1 aliphatic rings. The SMILES string of the molecule is CC(C)(C1CCN(c2nc3ccccc3[nH]2)CC1)S(=O)(=O)c1cccc(C(F)(F)F)c1. The predicted molar refractivity (Wildman–Crippen MR) is 114 cm³/mol. The van der Waals surface area contributed by atoms with Gasteiger partial charge in [-0.1, -0.05) is 18.2 Å². The average molecular weight is 452 g/mol. The van der Waals surface area contributed by atoms with E-state index in [1.165, 1.54) is 6.07 Å². The van der Waals surface area contributed by atoms with Gasteiger partial charge in [0, 0.05) is 13.1 Å². The normalized spacial score (nSPS) is 16.7. The van der Waals surface area contributed by atoms with E-state index >= 15 is 0 Å². The van der Waals surface area contributed by atoms with E-state index in [0.29, 0.717) is 25.9 Å². The molecule has 2 heterocycles. The van der Waals surface area contributed by atoms with Gasteiger partial charge < -0.3 is 9.88 Å². The molecule has 0 unspecified atom stereocenters. The fourth-order valence-electron chi connectivity index (χ4n) is 4.24. The number of nitrogens with one attached hydrogen (secondary N) is 1. The Hall–Kier alpha value is -2.55. The molecule has 1 saturated heterocycles. The minimum atomic E-state index is -4.59. The van der Waals surface area contributed by atoms with Crippen molar-refractivity contribution in [1.29, 1.82) is 0 Å². The minimum absolute atomic E-state index is 0.187. The maximum absolute atomic E-state index is 13.3. The molecule has 4 rings (SSSR count). The molecule has 0 aliphatic carbocycles. The first-order valence-corrected chi connectivity index (χ1v) is 11.6. The molecule has 0 atom stereocenters. The monoisotopic (exact) mass is 451 g/mol. The van der Waals surface area contributed by atoms with Gasteiger partial charge in [-0.3, -0.25) is 0 Å². The summed E-state index contributed by atoms with van der Waals surface area (Å²) in [5.74, 6) is 0.561. The highest BCUT2D eigenvalue weighted by molar-refractivity contribution is 7.92. The van der Waals surface area contributed by atoms with Crippen LogP contribution < -0.4 is 4.90 Å². The van der Waals surface area contributed by atoms with Gasteiger partial charge in [-0.15, -0.1) is 0 Å². The fourth-order valence-corrected chi connectivity index (χ4v) is 6.06. The summed E-state index contributed by atoms with van der Waals surface area (Å²) in [7, 11) is -3.97. The molecule has 3 aromatic rings. The quantitative estimate of drug-likeness (QED) is 0.603. The highest BCUT2D eigenvalue weighted by atomic mass is 32.2. The van der Waals surface area contributed by atoms with E-state index in [4.69, 9.17) is 0 Å². The number of sulfone groups is 1. The predicted octanol–water partition coefficient (Wildman–Crippen LogP) is 5.05. The van der Waals surface area contributed by atoms with E-state index < -0.39 is 26.3 Å². The Morgan fingerprint density at radius 2 is 1.71 bits per heavy atom. The number of anilines is 1. The Kier molecular flexibility index (Phi) is 5.28. The summed E-state index contributed by atoms with van der Waals surface area (Å²) in [6.45, 7) is 4.46. The summed E-state index contributed by atoms with van der Waals surface area (Å²) in [5.41, 5.74) is 0.850. The second-order valence-corrected chi connectivity index (χ2v) is 11.0. The van der Waals surface area contributed by atoms with Crippen LogP contribution in [0.15, 0.2) is 53.4 Å². The second kappa shape index (κ2) is 7.55. The molecule has 1 aromatic heterocycles. The maximum atomic E-state index is 13.3. The highest BCUT2D eigenvalue weighted by Crippen LogP contribution is 2.40. The summed E-state index contributed by atoms with van der Waals surface area (Å²) in [5, 5.41) is 0. The van der Waals surface area contributed by atoms with Crippen molar-refractivity contribution in [2.75, 3.05) is 18.0 Å². The van der Waals surface area contributed by atoms with Crippen molar-refractivity contribution in [2.45, 2.75) is 42.5 Å². The van der Waals surface area contributed by atoms with Gasteiger partial charge in [0.05, 0.1) is 26.2 Å². The van der Waals surface area contributed by atoms with Crippen LogP contribution in [-0.2, 0) is 16.0 Å². The molecule has 1 aliphatic heterocycles. The number of nitrogens with zero attached hydrogens (tertiary/aromatic N) is 2. The lowest BCUT2D eigenvalue weighted by atomic mass is 9.86. The van der Waals surface area contributed by atoms with E-state index in [2.05, 4.69) is 14.9 Å². The topological polar surface area (TPSA) is 66.1 Å². The summed E-state index contributed by atoms with van der Waals surface area (Å²) < 4.78 is 64.6. The lowest BCUT2D eigenvalue weighted by molar-refractivity contribution is -0.137. The first-order valence-electron chi connectivity index (χ1n) is 10.1. The summed E-state index contributed by atoms with van der Waals surface area (Å²) in [4.78, 5) is 9.69. The molecule has 0 spiro atoms. The Morgan fingerprint density at radius 1 is 1.03 bits per heavy atom. The molecule has 0 amide bonds. The first-order chi connectivity index (χ1) is 14.5. The molecule has 166 valence electrons. The Balaban J connectivity index is 1.53. The zero-order chi connectivity index (χ0) is 22.4. The number of fused-ring (bicyclic) bond motifs is 1. The van der Waals surface area contributed by atoms with Crippen molar-refractivity contribution in [3.63, 3.8) is 0 Å². The first kappa shape index (κ1) is 21.7. The van der Waals surface area contributed by atoms with Crippen LogP contribution in [0.2, 0.25) is 0 Å². The number of hydrogen-bond acceptors (Lipinski definition) is 4. The average Bonchev–Trinajstić information content (AvgIpc) is 3.17. The van der Waals surface area contributed by atoms with E-state index in [1.807, 2.05) is 24.3 Å². The third-order valence-electron chi connectivity index (χ3n) is 6.32. The van der Waals surface area contributed by atoms with Crippen LogP contribution in [0.25, 0.3) is 11.0 Å². The van der Waals surface area contributed by atoms with E-state index in [9.17, 15) is 21.6 Å². The van der Waals surface area contributed by atoms with Crippen LogP contribution in [0.4, 0.5) is 19.1 Å². The molecule has 0 radical (unpaired) electrons. The Bertz CT molecular complexity index is 1160. The van der Waals surface area contributed by atoms with Gasteiger partial charge >= 0.3 is 6.18 Å². The van der Waals surface area contributed by atoms with Crippen molar-refractivity contribution in [2.24, 2.45) is 5.92 Å². The number of piperidine rings is 1. The smallest absolute Gasteiger partial charge is 0.342 e. The largest absolute Gasteiger partial charge is 0.416 e. The number of rotatable bonds is 4. The minimum Gasteiger partial charge on any atom is -0.342 e. The number of imidazole rings is 1. The van der Waals surface area contributed by atoms with Gasteiger partial charge in [-0.25, -0.2) is 13.4 Å². The van der Waals surface area contributed by atoms with Gasteiger partial charge in [0.2, 0.25) is 5.95 Å². The molecule has 0 saturated carbocycles. The Labute approximate surface area is 179 Å². The number of H-pyrrole nitrogens is 1. The molecule has 0 bridgehead atoms. The van der Waals surface area contributed by atoms with Crippen LogP contribution in [-0.4, -0.2) is 36.2 Å². The summed E-state index contributed by atoms with van der Waals surface area (Å²) >= 11 is 0. The standard InChI is InChI=1S/C22H24F3N3O2S/c1-21(2,31(29,30)17-7-5-6-16(14-17)22(23,24)25)15-10-12-28(13-11-15)20-26-18-8-3-4-9-19(18)27-20/h3-9,14-15H,10-13H2,1-2H3,(H,26,27). The third-order valence-corrected chi connectivity index (χ3v) is 8.91. The van der Waals surface area contributed by atoms with Gasteiger partial charge in [0.1, 0.15) is 0 Å². The molecule has 1 fully saturated rings. The van der Waals surface area contributed by atoms with Crippen LogP contribution in [0.1, 0.15) is 32.3 Å². The molecule has 1 N–H and O–H groups in total. The molecular formula is C22H24F3N3O2S. The number of hydrogen-bond donors (Lipinski definition) is 1. The second-order valence-electron chi connectivity index (χ2n) is 8.47. The van der Waals surface area contributed by atoms with Gasteiger partial charge in [0.25, 0.3) is 0 Å². The maximum Gasteiger partial charge on any atom is 0.416 e. The number of benzene rings is 2. The number of alkyl halides is 3. The zero-order valence-electron chi connectivity index (χ0n) is 17.3. The summed E-state index contributed by atoms with van der Waals surface area (Å²) in [6, 6.07) is 11.7. The molecular weight excluding hydrogens is 427 g/mol.